The van der Waals surface area contributed by atoms with Crippen molar-refractivity contribution in [3.8, 4) is 28.9 Å². The van der Waals surface area contributed by atoms with Crippen molar-refractivity contribution in [3.63, 3.8) is 0 Å². The molecule has 1 saturated carbocycles. The minimum absolute atomic E-state index is 0.0483. The molecule has 9 nitrogen and oxygen atoms in total. The van der Waals surface area contributed by atoms with Gasteiger partial charge in [0.15, 0.2) is 0 Å². The van der Waals surface area contributed by atoms with Crippen LogP contribution in [-0.4, -0.2) is 49.9 Å². The van der Waals surface area contributed by atoms with E-state index in [2.05, 4.69) is 19.9 Å². The Balaban J connectivity index is 1.16. The number of aromatic nitrogens is 4. The Bertz CT molecular complexity index is 1490. The fourth-order valence-corrected chi connectivity index (χ4v) is 4.90. The zero-order valence-corrected chi connectivity index (χ0v) is 21.3. The Morgan fingerprint density at radius 1 is 1.11 bits per heavy atom. The number of carbonyl (C=O) groups is 1. The summed E-state index contributed by atoms with van der Waals surface area (Å²) in [6.45, 7) is 6.67. The van der Waals surface area contributed by atoms with Crippen LogP contribution in [0.4, 0.5) is 4.39 Å². The molecule has 1 aliphatic heterocycles. The lowest BCUT2D eigenvalue weighted by atomic mass is 9.95. The molecule has 0 spiro atoms. The largest absolute Gasteiger partial charge is 0.474 e. The Labute approximate surface area is 218 Å². The third-order valence-electron chi connectivity index (χ3n) is 7.09. The van der Waals surface area contributed by atoms with Crippen molar-refractivity contribution >= 4 is 5.91 Å². The molecule has 1 amide bonds. The summed E-state index contributed by atoms with van der Waals surface area (Å²) in [6, 6.07) is 11.6. The molecule has 1 aromatic carbocycles. The molecular weight excluding hydrogens is 487 g/mol. The lowest BCUT2D eigenvalue weighted by Gasteiger charge is -2.22. The second-order valence-electron chi connectivity index (χ2n) is 10.4. The zero-order valence-electron chi connectivity index (χ0n) is 21.3. The first kappa shape index (κ1) is 24.2. The molecule has 6 rings (SSSR count). The summed E-state index contributed by atoms with van der Waals surface area (Å²) < 4.78 is 25.5. The number of hydrogen-bond acceptors (Lipinski definition) is 8. The van der Waals surface area contributed by atoms with Crippen LogP contribution in [0.3, 0.4) is 0 Å². The van der Waals surface area contributed by atoms with E-state index < -0.39 is 5.54 Å². The molecule has 2 N–H and O–H groups in total. The third-order valence-corrected chi connectivity index (χ3v) is 7.09. The van der Waals surface area contributed by atoms with Gasteiger partial charge >= 0.3 is 0 Å². The highest BCUT2D eigenvalue weighted by Gasteiger charge is 2.59. The molecule has 3 atom stereocenters. The van der Waals surface area contributed by atoms with Crippen molar-refractivity contribution in [2.75, 3.05) is 13.1 Å². The number of ether oxygens (including phenoxy) is 1. The summed E-state index contributed by atoms with van der Waals surface area (Å²) in [4.78, 5) is 32.3. The van der Waals surface area contributed by atoms with Crippen LogP contribution in [0.15, 0.2) is 59.3 Å². The number of benzene rings is 1. The van der Waals surface area contributed by atoms with Crippen LogP contribution in [0.25, 0.3) is 23.0 Å². The van der Waals surface area contributed by atoms with Gasteiger partial charge in [0.25, 0.3) is 11.8 Å². The second-order valence-corrected chi connectivity index (χ2v) is 10.4. The summed E-state index contributed by atoms with van der Waals surface area (Å²) in [5.41, 5.74) is 8.58. The minimum atomic E-state index is -0.614. The van der Waals surface area contributed by atoms with E-state index in [4.69, 9.17) is 14.9 Å². The number of amides is 1. The average Bonchev–Trinajstić information content (AvgIpc) is 3.22. The molecule has 3 aromatic heterocycles. The van der Waals surface area contributed by atoms with E-state index >= 15 is 0 Å². The summed E-state index contributed by atoms with van der Waals surface area (Å²) in [5, 5.41) is 0. The molecule has 0 radical (unpaired) electrons. The van der Waals surface area contributed by atoms with Crippen LogP contribution in [0, 0.1) is 24.6 Å². The van der Waals surface area contributed by atoms with Crippen LogP contribution < -0.4 is 10.5 Å². The van der Waals surface area contributed by atoms with Gasteiger partial charge < -0.3 is 19.8 Å². The minimum Gasteiger partial charge on any atom is -0.474 e. The molecule has 4 heterocycles. The van der Waals surface area contributed by atoms with Crippen LogP contribution >= 0.6 is 0 Å². The molecule has 2 fully saturated rings. The summed E-state index contributed by atoms with van der Waals surface area (Å²) in [6.07, 6.45) is 3.14. The zero-order chi connectivity index (χ0) is 26.6. The SMILES string of the molecule is Cc1nc(-c2ncccn2)oc1C(=O)N1C[C@@H]2[C@H](C1)[C@H]2Oc1cc(C(C)(C)N)cc(-c2ccc(F)cc2)n1. The van der Waals surface area contributed by atoms with Gasteiger partial charge in [0, 0.05) is 54.5 Å². The fourth-order valence-electron chi connectivity index (χ4n) is 4.90. The number of hydrogen-bond donors (Lipinski definition) is 1. The molecule has 0 unspecified atom stereocenters. The number of likely N-dealkylation sites (tertiary alicyclic amines) is 1. The van der Waals surface area contributed by atoms with E-state index in [1.165, 1.54) is 12.1 Å². The lowest BCUT2D eigenvalue weighted by molar-refractivity contribution is 0.0719. The molecule has 2 aliphatic rings. The van der Waals surface area contributed by atoms with Gasteiger partial charge in [-0.1, -0.05) is 0 Å². The first-order chi connectivity index (χ1) is 18.2. The number of oxazole rings is 1. The van der Waals surface area contributed by atoms with Crippen molar-refractivity contribution in [2.24, 2.45) is 17.6 Å². The first-order valence-corrected chi connectivity index (χ1v) is 12.5. The second kappa shape index (κ2) is 8.98. The molecule has 4 aromatic rings. The van der Waals surface area contributed by atoms with E-state index in [-0.39, 0.29) is 41.3 Å². The molecule has 0 bridgehead atoms. The normalized spacial score (nSPS) is 20.3. The van der Waals surface area contributed by atoms with E-state index in [0.29, 0.717) is 36.2 Å². The molecule has 1 saturated heterocycles. The van der Waals surface area contributed by atoms with E-state index in [9.17, 15) is 9.18 Å². The Morgan fingerprint density at radius 2 is 1.79 bits per heavy atom. The highest BCUT2D eigenvalue weighted by molar-refractivity contribution is 5.93. The van der Waals surface area contributed by atoms with Crippen molar-refractivity contribution in [3.05, 3.63) is 77.7 Å². The smallest absolute Gasteiger partial charge is 0.291 e. The highest BCUT2D eigenvalue weighted by Crippen LogP contribution is 2.48. The van der Waals surface area contributed by atoms with Gasteiger partial charge in [-0.25, -0.2) is 24.3 Å². The standard InChI is InChI=1S/C28H27FN6O3/c1-15-23(38-26(33-15)25-31-9-4-10-32-25)27(36)35-13-19-20(14-35)24(19)37-22-12-17(28(2,3)30)11-21(34-22)16-5-7-18(29)8-6-16/h4-12,19-20,24H,13-14,30H2,1-3H3/t19-,20+,24+. The first-order valence-electron chi connectivity index (χ1n) is 12.5. The average molecular weight is 515 g/mol. The Morgan fingerprint density at radius 3 is 2.45 bits per heavy atom. The molecule has 38 heavy (non-hydrogen) atoms. The Kier molecular flexibility index (Phi) is 5.71. The predicted molar refractivity (Wildman–Crippen MR) is 136 cm³/mol. The van der Waals surface area contributed by atoms with Crippen LogP contribution in [0.5, 0.6) is 5.88 Å². The maximum absolute atomic E-state index is 13.5. The highest BCUT2D eigenvalue weighted by atomic mass is 19.1. The van der Waals surface area contributed by atoms with Crippen molar-refractivity contribution in [1.82, 2.24) is 24.8 Å². The van der Waals surface area contributed by atoms with Gasteiger partial charge in [0.05, 0.1) is 11.4 Å². The maximum Gasteiger partial charge on any atom is 0.291 e. The summed E-state index contributed by atoms with van der Waals surface area (Å²) in [7, 11) is 0. The van der Waals surface area contributed by atoms with Crippen LogP contribution in [-0.2, 0) is 5.54 Å². The summed E-state index contributed by atoms with van der Waals surface area (Å²) in [5.74, 6) is 1.12. The van der Waals surface area contributed by atoms with Gasteiger partial charge in [-0.3, -0.25) is 4.79 Å². The van der Waals surface area contributed by atoms with Gasteiger partial charge in [-0.2, -0.15) is 0 Å². The van der Waals surface area contributed by atoms with Crippen LogP contribution in [0.1, 0.15) is 35.7 Å². The van der Waals surface area contributed by atoms with Crippen molar-refractivity contribution in [1.29, 1.82) is 0 Å². The number of halogens is 1. The number of piperidine rings is 1. The predicted octanol–water partition coefficient (Wildman–Crippen LogP) is 3.98. The Hall–Kier alpha value is -4.18. The van der Waals surface area contributed by atoms with Gasteiger partial charge in [-0.05, 0) is 62.7 Å². The van der Waals surface area contributed by atoms with Gasteiger partial charge in [0.2, 0.25) is 17.5 Å². The molecule has 194 valence electrons. The van der Waals surface area contributed by atoms with Crippen molar-refractivity contribution in [2.45, 2.75) is 32.4 Å². The monoisotopic (exact) mass is 514 g/mol. The number of carbonyl (C=O) groups excluding carboxylic acids is 1. The molecule has 1 aliphatic carbocycles. The lowest BCUT2D eigenvalue weighted by Crippen LogP contribution is -2.33. The maximum atomic E-state index is 13.5. The summed E-state index contributed by atoms with van der Waals surface area (Å²) >= 11 is 0. The van der Waals surface area contributed by atoms with Crippen LogP contribution in [0.2, 0.25) is 0 Å². The number of rotatable bonds is 6. The quantitative estimate of drug-likeness (QED) is 0.410. The van der Waals surface area contributed by atoms with Gasteiger partial charge in [0.1, 0.15) is 11.9 Å². The third kappa shape index (κ3) is 4.51. The number of nitrogens with zero attached hydrogens (tertiary/aromatic N) is 5. The fraction of sp³-hybridized carbons (Fsp3) is 0.321. The molecular formula is C28H27FN6O3. The topological polar surface area (TPSA) is 120 Å². The van der Waals surface area contributed by atoms with E-state index in [1.54, 1.807) is 42.4 Å². The number of pyridine rings is 1. The van der Waals surface area contributed by atoms with Crippen molar-refractivity contribution < 1.29 is 18.3 Å². The van der Waals surface area contributed by atoms with E-state index in [0.717, 1.165) is 11.1 Å². The molecule has 10 heteroatoms. The number of aryl methyl sites for hydroxylation is 1. The van der Waals surface area contributed by atoms with E-state index in [1.807, 2.05) is 26.0 Å². The van der Waals surface area contributed by atoms with Gasteiger partial charge in [-0.15, -0.1) is 0 Å². The number of fused-ring (bicyclic) bond motifs is 1. The number of nitrogens with two attached hydrogens (primary N) is 1.